The molecule has 0 saturated carbocycles. The maximum absolute atomic E-state index is 15.0. The van der Waals surface area contributed by atoms with Gasteiger partial charge in [-0.05, 0) is 116 Å². The largest absolute Gasteiger partial charge is 0.444 e. The van der Waals surface area contributed by atoms with Crippen molar-refractivity contribution in [3.63, 3.8) is 0 Å². The lowest BCUT2D eigenvalue weighted by Gasteiger charge is -2.35. The van der Waals surface area contributed by atoms with Crippen molar-refractivity contribution in [3.8, 4) is 0 Å². The van der Waals surface area contributed by atoms with Crippen molar-refractivity contribution in [2.75, 3.05) is 24.1 Å². The van der Waals surface area contributed by atoms with Crippen LogP contribution in [0.1, 0.15) is 78.0 Å². The van der Waals surface area contributed by atoms with E-state index >= 15 is 4.39 Å². The number of pyridine rings is 2. The number of benzene rings is 2. The highest BCUT2D eigenvalue weighted by Crippen LogP contribution is 2.41. The van der Waals surface area contributed by atoms with E-state index in [1.165, 1.54) is 57.2 Å². The summed E-state index contributed by atoms with van der Waals surface area (Å²) < 4.78 is 67.7. The second-order valence-electron chi connectivity index (χ2n) is 18.6. The fourth-order valence-corrected chi connectivity index (χ4v) is 11.9. The van der Waals surface area contributed by atoms with Crippen LogP contribution in [0.2, 0.25) is 5.02 Å². The predicted octanol–water partition coefficient (Wildman–Crippen LogP) is 14.9. The summed E-state index contributed by atoms with van der Waals surface area (Å²) in [5.41, 5.74) is 9.23. The second-order valence-corrected chi connectivity index (χ2v) is 22.8. The zero-order valence-corrected chi connectivity index (χ0v) is 43.8. The Labute approximate surface area is 427 Å². The van der Waals surface area contributed by atoms with E-state index in [2.05, 4.69) is 43.5 Å². The molecule has 0 bridgehead atoms. The summed E-state index contributed by atoms with van der Waals surface area (Å²) in [6, 6.07) is 9.75. The van der Waals surface area contributed by atoms with E-state index in [9.17, 15) is 22.8 Å². The Morgan fingerprint density at radius 3 is 1.70 bits per heavy atom. The van der Waals surface area contributed by atoms with Gasteiger partial charge in [0.05, 0.1) is 43.2 Å². The molecule has 3 N–H and O–H groups in total. The molecule has 0 radical (unpaired) electrons. The van der Waals surface area contributed by atoms with Crippen LogP contribution in [0.25, 0.3) is 52.0 Å². The third-order valence-corrected chi connectivity index (χ3v) is 15.3. The first kappa shape index (κ1) is 51.4. The number of rotatable bonds is 4. The number of nitrogen functional groups attached to an aromatic ring is 1. The molecule has 71 heavy (non-hydrogen) atoms. The van der Waals surface area contributed by atoms with E-state index in [-0.39, 0.29) is 41.0 Å². The molecule has 2 unspecified atom stereocenters. The number of hydrogen-bond acceptors (Lipinski definition) is 14. The number of halogens is 5. The Kier molecular flexibility index (Phi) is 15.0. The van der Waals surface area contributed by atoms with Crippen LogP contribution in [-0.4, -0.2) is 78.3 Å². The Morgan fingerprint density at radius 2 is 1.18 bits per heavy atom. The molecule has 12 nitrogen and oxygen atoms in total. The fourth-order valence-electron chi connectivity index (χ4n) is 7.91. The number of thiazole rings is 2. The highest BCUT2D eigenvalue weighted by molar-refractivity contribution is 7.20. The van der Waals surface area contributed by atoms with Crippen molar-refractivity contribution >= 4 is 138 Å². The number of nitrogens with zero attached hydrogens (tertiary/aromatic N) is 6. The van der Waals surface area contributed by atoms with Crippen LogP contribution in [0, 0.1) is 23.3 Å². The number of nitrogens with one attached hydrogen (secondary N) is 1. The van der Waals surface area contributed by atoms with Crippen LogP contribution in [0.4, 0.5) is 44.2 Å². The number of nitrogens with two attached hydrogens (primary N) is 1. The van der Waals surface area contributed by atoms with Gasteiger partial charge in [0.15, 0.2) is 23.3 Å². The molecule has 2 aliphatic heterocycles. The molecule has 10 rings (SSSR count). The number of carbonyl (C=O) groups excluding carboxylic acids is 2. The molecule has 2 aromatic carbocycles. The van der Waals surface area contributed by atoms with Gasteiger partial charge in [0.1, 0.15) is 43.3 Å². The predicted molar refractivity (Wildman–Crippen MR) is 281 cm³/mol. The van der Waals surface area contributed by atoms with E-state index in [0.717, 1.165) is 47.8 Å². The third-order valence-electron chi connectivity index (χ3n) is 11.3. The number of carbonyl (C=O) groups is 2. The van der Waals surface area contributed by atoms with E-state index in [4.69, 9.17) is 26.8 Å². The van der Waals surface area contributed by atoms with Crippen molar-refractivity contribution < 1.29 is 36.6 Å². The van der Waals surface area contributed by atoms with Crippen LogP contribution in [0.3, 0.4) is 0 Å². The average molecular weight is 1070 g/mol. The normalized spacial score (nSPS) is 16.3. The number of hydrogen-bond donors (Lipinski definition) is 2. The van der Waals surface area contributed by atoms with Crippen LogP contribution in [0.5, 0.6) is 0 Å². The number of ether oxygens (including phenoxy) is 2. The number of aromatic nitrogens is 4. The van der Waals surface area contributed by atoms with Crippen molar-refractivity contribution in [1.29, 1.82) is 0 Å². The summed E-state index contributed by atoms with van der Waals surface area (Å²) in [7, 11) is 0. The van der Waals surface area contributed by atoms with Crippen LogP contribution < -0.4 is 11.1 Å². The van der Waals surface area contributed by atoms with Gasteiger partial charge in [0, 0.05) is 46.0 Å². The molecule has 8 heterocycles. The van der Waals surface area contributed by atoms with Gasteiger partial charge in [-0.1, -0.05) is 23.8 Å². The van der Waals surface area contributed by atoms with Gasteiger partial charge in [0.2, 0.25) is 0 Å². The molecule has 21 heteroatoms. The summed E-state index contributed by atoms with van der Waals surface area (Å²) in [4.78, 5) is 49.0. The van der Waals surface area contributed by atoms with Gasteiger partial charge >= 0.3 is 12.2 Å². The quantitative estimate of drug-likeness (QED) is 0.129. The number of anilines is 3. The van der Waals surface area contributed by atoms with Crippen molar-refractivity contribution in [2.24, 2.45) is 0 Å². The SMILES string of the molecule is CC1C(c2cc3c(Cl)ccnc3s2)=CCCN1C(=O)OC(C)(C)C.CC1C(c2cc3c(Nc4c(F)cc5scnc5c4F)ccnc3s2)=CCCN1C(=O)OC(C)(C)C.Nc1c(F)cc2scnc2c1F. The maximum atomic E-state index is 15.0. The van der Waals surface area contributed by atoms with E-state index in [1.807, 2.05) is 61.5 Å². The van der Waals surface area contributed by atoms with Crippen molar-refractivity contribution in [3.05, 3.63) is 110 Å². The smallest absolute Gasteiger partial charge is 0.410 e. The summed E-state index contributed by atoms with van der Waals surface area (Å²) >= 11 is 11.7. The number of fused-ring (bicyclic) bond motifs is 4. The molecule has 8 aromatic rings. The number of amides is 2. The lowest BCUT2D eigenvalue weighted by molar-refractivity contribution is 0.0203. The Hall–Kier alpha value is -5.93. The standard InChI is InChI=1S/C25H24F2N4O2S2.C18H21ClN2O2S.C7H4F2N2S/c1-13-14(6-5-9-31(13)24(32)33-25(2,3)4)18-10-15-17(7-8-28-23(15)35-18)30-21-16(26)11-19-22(20(21)27)29-12-34-19;1-11-12(6-5-9-21(11)17(22)23-18(2,3)4)15-10-13-14(19)7-8-20-16(13)24-15;8-3-1-4-7(11-2-12-4)5(9)6(3)10/h6-8,10-13H,5,9H2,1-4H3,(H,28,30);6-8,10-11H,5,9H2,1-4H3;1-2H,10H2. The molecule has 0 spiro atoms. The van der Waals surface area contributed by atoms with Gasteiger partial charge in [-0.3, -0.25) is 0 Å². The molecule has 0 saturated heterocycles. The van der Waals surface area contributed by atoms with Crippen LogP contribution in [0.15, 0.2) is 72.0 Å². The van der Waals surface area contributed by atoms with Gasteiger partial charge in [-0.25, -0.2) is 47.1 Å². The van der Waals surface area contributed by atoms with Crippen LogP contribution in [-0.2, 0) is 9.47 Å². The highest BCUT2D eigenvalue weighted by atomic mass is 35.5. The van der Waals surface area contributed by atoms with Crippen LogP contribution >= 0.6 is 56.9 Å². The molecular weight excluding hydrogens is 1020 g/mol. The summed E-state index contributed by atoms with van der Waals surface area (Å²) in [6.45, 7) is 16.5. The van der Waals surface area contributed by atoms with Crippen molar-refractivity contribution in [1.82, 2.24) is 29.7 Å². The van der Waals surface area contributed by atoms with E-state index in [0.29, 0.717) is 39.6 Å². The molecule has 2 amide bonds. The first-order chi connectivity index (χ1) is 33.6. The zero-order valence-electron chi connectivity index (χ0n) is 39.8. The van der Waals surface area contributed by atoms with Gasteiger partial charge in [-0.2, -0.15) is 0 Å². The zero-order chi connectivity index (χ0) is 51.1. The molecule has 2 atom stereocenters. The first-order valence-corrected chi connectivity index (χ1v) is 26.1. The minimum Gasteiger partial charge on any atom is -0.444 e. The molecule has 6 aromatic heterocycles. The molecule has 0 aliphatic carbocycles. The molecular formula is C50H49ClF4N8O4S4. The molecule has 0 fully saturated rings. The lowest BCUT2D eigenvalue weighted by Crippen LogP contribution is -2.44. The topological polar surface area (TPSA) is 149 Å². The molecule has 2 aliphatic rings. The summed E-state index contributed by atoms with van der Waals surface area (Å²) in [5.74, 6) is -2.91. The lowest BCUT2D eigenvalue weighted by atomic mass is 10.00. The van der Waals surface area contributed by atoms with Gasteiger partial charge in [-0.15, -0.1) is 45.3 Å². The molecule has 372 valence electrons. The minimum atomic E-state index is -0.772. The number of thiophene rings is 2. The minimum absolute atomic E-state index is 0.0413. The van der Waals surface area contributed by atoms with Gasteiger partial charge < -0.3 is 30.3 Å². The second kappa shape index (κ2) is 20.7. The third kappa shape index (κ3) is 11.3. The highest BCUT2D eigenvalue weighted by Gasteiger charge is 2.33. The van der Waals surface area contributed by atoms with E-state index in [1.54, 1.807) is 45.7 Å². The Morgan fingerprint density at radius 1 is 0.704 bits per heavy atom. The fraction of sp³-hybridized carbons (Fsp3) is 0.320. The average Bonchev–Trinajstić information content (AvgIpc) is 4.14. The van der Waals surface area contributed by atoms with Crippen molar-refractivity contribution in [2.45, 2.75) is 91.5 Å². The Bertz CT molecular complexity index is 3380. The first-order valence-electron chi connectivity index (χ1n) is 22.4. The monoisotopic (exact) mass is 1060 g/mol. The summed E-state index contributed by atoms with van der Waals surface area (Å²) in [5, 5.41) is 5.33. The maximum Gasteiger partial charge on any atom is 0.410 e. The van der Waals surface area contributed by atoms with E-state index < -0.39 is 40.2 Å². The summed E-state index contributed by atoms with van der Waals surface area (Å²) in [6.07, 6.45) is 8.55. The Balaban J connectivity index is 0.000000161. The van der Waals surface area contributed by atoms with Gasteiger partial charge in [0.25, 0.3) is 0 Å².